The molecule has 24 heavy (non-hydrogen) atoms. The van der Waals surface area contributed by atoms with Crippen LogP contribution in [0.3, 0.4) is 0 Å². The van der Waals surface area contributed by atoms with Crippen molar-refractivity contribution in [2.75, 3.05) is 13.1 Å². The number of benzene rings is 1. The third-order valence-corrected chi connectivity index (χ3v) is 4.23. The van der Waals surface area contributed by atoms with Gasteiger partial charge in [-0.05, 0) is 38.3 Å². The first-order chi connectivity index (χ1) is 11.7. The number of nitrogens with one attached hydrogen (secondary N) is 2. The van der Waals surface area contributed by atoms with Crippen LogP contribution in [0.25, 0.3) is 11.0 Å². The number of fused-ring (bicyclic) bond motifs is 1. The fraction of sp³-hybridized carbons (Fsp3) is 0.500. The summed E-state index contributed by atoms with van der Waals surface area (Å²) in [5, 5.41) is 5.81. The first kappa shape index (κ1) is 16.5. The average Bonchev–Trinajstić information content (AvgIpc) is 3.36. The SMILES string of the molecule is CCNC(=O)Cn1c(CCCNC(=O)C2CC2)nc2ccccc21. The van der Waals surface area contributed by atoms with Crippen LogP contribution in [-0.4, -0.2) is 34.5 Å². The van der Waals surface area contributed by atoms with E-state index >= 15 is 0 Å². The second-order valence-electron chi connectivity index (χ2n) is 6.23. The smallest absolute Gasteiger partial charge is 0.239 e. The number of hydrogen-bond donors (Lipinski definition) is 2. The third-order valence-electron chi connectivity index (χ3n) is 4.23. The van der Waals surface area contributed by atoms with Gasteiger partial charge in [-0.1, -0.05) is 12.1 Å². The number of aryl methyl sites for hydroxylation is 1. The molecule has 1 aliphatic carbocycles. The zero-order chi connectivity index (χ0) is 16.9. The molecule has 0 unspecified atom stereocenters. The summed E-state index contributed by atoms with van der Waals surface area (Å²) >= 11 is 0. The lowest BCUT2D eigenvalue weighted by molar-refractivity contribution is -0.122. The zero-order valence-electron chi connectivity index (χ0n) is 14.0. The van der Waals surface area contributed by atoms with Crippen molar-refractivity contribution in [1.82, 2.24) is 20.2 Å². The summed E-state index contributed by atoms with van der Waals surface area (Å²) in [6.07, 6.45) is 3.60. The van der Waals surface area contributed by atoms with E-state index < -0.39 is 0 Å². The van der Waals surface area contributed by atoms with E-state index in [4.69, 9.17) is 0 Å². The lowest BCUT2D eigenvalue weighted by atomic mass is 10.2. The number of carbonyl (C=O) groups is 2. The van der Waals surface area contributed by atoms with E-state index in [1.807, 2.05) is 35.8 Å². The Kier molecular flexibility index (Phi) is 5.13. The van der Waals surface area contributed by atoms with E-state index in [1.165, 1.54) is 0 Å². The fourth-order valence-electron chi connectivity index (χ4n) is 2.84. The number of para-hydroxylation sites is 2. The van der Waals surface area contributed by atoms with Crippen LogP contribution in [0.15, 0.2) is 24.3 Å². The highest BCUT2D eigenvalue weighted by atomic mass is 16.2. The van der Waals surface area contributed by atoms with Gasteiger partial charge in [-0.3, -0.25) is 9.59 Å². The summed E-state index contributed by atoms with van der Waals surface area (Å²) in [5.41, 5.74) is 1.87. The van der Waals surface area contributed by atoms with Crippen LogP contribution in [0.5, 0.6) is 0 Å². The van der Waals surface area contributed by atoms with Gasteiger partial charge in [0.1, 0.15) is 12.4 Å². The minimum absolute atomic E-state index is 0.0102. The van der Waals surface area contributed by atoms with Gasteiger partial charge in [0, 0.05) is 25.4 Å². The Morgan fingerprint density at radius 2 is 2.04 bits per heavy atom. The minimum atomic E-state index is -0.0102. The Hall–Kier alpha value is -2.37. The quantitative estimate of drug-likeness (QED) is 0.723. The molecule has 2 amide bonds. The average molecular weight is 328 g/mol. The Labute approximate surface area is 141 Å². The van der Waals surface area contributed by atoms with Crippen LogP contribution < -0.4 is 10.6 Å². The maximum Gasteiger partial charge on any atom is 0.239 e. The summed E-state index contributed by atoms with van der Waals surface area (Å²) in [6.45, 7) is 3.46. The van der Waals surface area contributed by atoms with Gasteiger partial charge in [0.25, 0.3) is 0 Å². The molecule has 1 aromatic heterocycles. The molecular formula is C18H24N4O2. The monoisotopic (exact) mass is 328 g/mol. The molecule has 1 heterocycles. The second-order valence-corrected chi connectivity index (χ2v) is 6.23. The number of aromatic nitrogens is 2. The largest absolute Gasteiger partial charge is 0.356 e. The topological polar surface area (TPSA) is 76.0 Å². The van der Waals surface area contributed by atoms with E-state index in [-0.39, 0.29) is 24.3 Å². The number of imidazole rings is 1. The van der Waals surface area contributed by atoms with E-state index in [0.717, 1.165) is 42.5 Å². The van der Waals surface area contributed by atoms with E-state index in [0.29, 0.717) is 13.1 Å². The zero-order valence-corrected chi connectivity index (χ0v) is 14.0. The molecule has 0 atom stereocenters. The number of carbonyl (C=O) groups excluding carboxylic acids is 2. The van der Waals surface area contributed by atoms with Gasteiger partial charge in [-0.15, -0.1) is 0 Å². The molecule has 0 spiro atoms. The lowest BCUT2D eigenvalue weighted by Gasteiger charge is -2.09. The molecule has 0 bridgehead atoms. The van der Waals surface area contributed by atoms with Crippen molar-refractivity contribution in [3.63, 3.8) is 0 Å². The number of amides is 2. The number of nitrogens with zero attached hydrogens (tertiary/aromatic N) is 2. The molecule has 0 radical (unpaired) electrons. The maximum atomic E-state index is 12.0. The van der Waals surface area contributed by atoms with Crippen molar-refractivity contribution in [1.29, 1.82) is 0 Å². The Morgan fingerprint density at radius 1 is 1.25 bits per heavy atom. The molecule has 1 saturated carbocycles. The summed E-state index contributed by atoms with van der Waals surface area (Å²) < 4.78 is 1.98. The van der Waals surface area contributed by atoms with Gasteiger partial charge in [-0.2, -0.15) is 0 Å². The molecule has 1 aromatic carbocycles. The molecule has 6 nitrogen and oxygen atoms in total. The molecule has 6 heteroatoms. The first-order valence-electron chi connectivity index (χ1n) is 8.67. The molecule has 1 aliphatic rings. The van der Waals surface area contributed by atoms with Crippen molar-refractivity contribution < 1.29 is 9.59 Å². The van der Waals surface area contributed by atoms with Crippen molar-refractivity contribution in [2.45, 2.75) is 39.2 Å². The van der Waals surface area contributed by atoms with Crippen LogP contribution in [-0.2, 0) is 22.6 Å². The highest BCUT2D eigenvalue weighted by Crippen LogP contribution is 2.28. The summed E-state index contributed by atoms with van der Waals surface area (Å²) in [6, 6.07) is 7.85. The Morgan fingerprint density at radius 3 is 2.79 bits per heavy atom. The molecular weight excluding hydrogens is 304 g/mol. The molecule has 1 fully saturated rings. The van der Waals surface area contributed by atoms with Crippen LogP contribution in [0.2, 0.25) is 0 Å². The molecule has 0 saturated heterocycles. The summed E-state index contributed by atoms with van der Waals surface area (Å²) in [4.78, 5) is 28.3. The van der Waals surface area contributed by atoms with Crippen molar-refractivity contribution >= 4 is 22.8 Å². The van der Waals surface area contributed by atoms with Crippen LogP contribution in [0, 0.1) is 5.92 Å². The van der Waals surface area contributed by atoms with Gasteiger partial charge in [0.05, 0.1) is 11.0 Å². The molecule has 128 valence electrons. The number of likely N-dealkylation sites (N-methyl/N-ethyl adjacent to an activating group) is 1. The molecule has 2 N–H and O–H groups in total. The molecule has 3 rings (SSSR count). The summed E-state index contributed by atoms with van der Waals surface area (Å²) in [5.74, 6) is 1.30. The van der Waals surface area contributed by atoms with Crippen molar-refractivity contribution in [2.24, 2.45) is 5.92 Å². The molecule has 2 aromatic rings. The van der Waals surface area contributed by atoms with Gasteiger partial charge in [0.2, 0.25) is 11.8 Å². The van der Waals surface area contributed by atoms with E-state index in [1.54, 1.807) is 0 Å². The maximum absolute atomic E-state index is 12.0. The van der Waals surface area contributed by atoms with E-state index in [2.05, 4.69) is 15.6 Å². The van der Waals surface area contributed by atoms with Gasteiger partial charge < -0.3 is 15.2 Å². The summed E-state index contributed by atoms with van der Waals surface area (Å²) in [7, 11) is 0. The normalized spacial score (nSPS) is 13.9. The van der Waals surface area contributed by atoms with E-state index in [9.17, 15) is 9.59 Å². The fourth-order valence-corrected chi connectivity index (χ4v) is 2.84. The Balaban J connectivity index is 1.66. The Bertz CT molecular complexity index is 734. The van der Waals surface area contributed by atoms with Gasteiger partial charge >= 0.3 is 0 Å². The number of hydrogen-bond acceptors (Lipinski definition) is 3. The number of rotatable bonds is 8. The van der Waals surface area contributed by atoms with Crippen LogP contribution >= 0.6 is 0 Å². The first-order valence-corrected chi connectivity index (χ1v) is 8.67. The predicted octanol–water partition coefficient (Wildman–Crippen LogP) is 1.63. The third kappa shape index (κ3) is 3.93. The predicted molar refractivity (Wildman–Crippen MR) is 92.5 cm³/mol. The van der Waals surface area contributed by atoms with Crippen LogP contribution in [0.1, 0.15) is 32.0 Å². The molecule has 0 aliphatic heterocycles. The van der Waals surface area contributed by atoms with Gasteiger partial charge in [-0.25, -0.2) is 4.98 Å². The minimum Gasteiger partial charge on any atom is -0.356 e. The highest BCUT2D eigenvalue weighted by molar-refractivity contribution is 5.81. The van der Waals surface area contributed by atoms with Gasteiger partial charge in [0.15, 0.2) is 0 Å². The van der Waals surface area contributed by atoms with Crippen molar-refractivity contribution in [3.8, 4) is 0 Å². The van der Waals surface area contributed by atoms with Crippen molar-refractivity contribution in [3.05, 3.63) is 30.1 Å². The second kappa shape index (κ2) is 7.47. The van der Waals surface area contributed by atoms with Crippen LogP contribution in [0.4, 0.5) is 0 Å². The standard InChI is InChI=1S/C18H24N4O2/c1-2-19-17(23)12-22-15-7-4-3-6-14(15)21-16(22)8-5-11-20-18(24)13-9-10-13/h3-4,6-7,13H,2,5,8-12H2,1H3,(H,19,23)(H,20,24). The lowest BCUT2D eigenvalue weighted by Crippen LogP contribution is -2.28. The highest BCUT2D eigenvalue weighted by Gasteiger charge is 2.29.